The van der Waals surface area contributed by atoms with Gasteiger partial charge in [-0.15, -0.1) is 0 Å². The maximum atomic E-state index is 12.4. The Balaban J connectivity index is 2.87. The van der Waals surface area contributed by atoms with Crippen LogP contribution in [0.2, 0.25) is 0 Å². The smallest absolute Gasteiger partial charge is 0.255 e. The summed E-state index contributed by atoms with van der Waals surface area (Å²) in [5, 5.41) is 0. The van der Waals surface area contributed by atoms with Gasteiger partial charge in [0.05, 0.1) is 6.54 Å². The van der Waals surface area contributed by atoms with E-state index in [1.165, 1.54) is 4.90 Å². The van der Waals surface area contributed by atoms with Crippen molar-refractivity contribution >= 4 is 5.91 Å². The molecule has 0 heterocycles. The molecule has 0 aromatic heterocycles. The standard InChI is InChI=1S/C13H18F2N2O/c1-9(2)17(8-12(14)15)13(18)11-5-3-10(7-16)4-6-11/h3-6,9,12H,7-8,16H2,1-2H3. The molecule has 1 rings (SSSR count). The van der Waals surface area contributed by atoms with Gasteiger partial charge in [-0.2, -0.15) is 0 Å². The Labute approximate surface area is 106 Å². The molecule has 0 spiro atoms. The third-order valence-electron chi connectivity index (χ3n) is 2.66. The van der Waals surface area contributed by atoms with Crippen LogP contribution in [0.4, 0.5) is 8.78 Å². The van der Waals surface area contributed by atoms with Gasteiger partial charge in [0.2, 0.25) is 0 Å². The maximum absolute atomic E-state index is 12.4. The molecule has 1 aromatic carbocycles. The second-order valence-electron chi connectivity index (χ2n) is 4.34. The van der Waals surface area contributed by atoms with Crippen molar-refractivity contribution in [2.75, 3.05) is 6.54 Å². The molecule has 0 unspecified atom stereocenters. The lowest BCUT2D eigenvalue weighted by atomic mass is 10.1. The highest BCUT2D eigenvalue weighted by Crippen LogP contribution is 2.12. The van der Waals surface area contributed by atoms with E-state index in [9.17, 15) is 13.6 Å². The van der Waals surface area contributed by atoms with Gasteiger partial charge in [0.25, 0.3) is 12.3 Å². The van der Waals surface area contributed by atoms with E-state index in [1.54, 1.807) is 38.1 Å². The van der Waals surface area contributed by atoms with Gasteiger partial charge in [0.15, 0.2) is 0 Å². The molecule has 0 aliphatic heterocycles. The van der Waals surface area contributed by atoms with Gasteiger partial charge in [-0.3, -0.25) is 4.79 Å². The molecule has 0 bridgehead atoms. The number of benzene rings is 1. The molecule has 1 amide bonds. The zero-order valence-corrected chi connectivity index (χ0v) is 10.6. The largest absolute Gasteiger partial charge is 0.330 e. The normalized spacial score (nSPS) is 11.1. The molecular formula is C13H18F2N2O. The fourth-order valence-corrected chi connectivity index (χ4v) is 1.63. The van der Waals surface area contributed by atoms with E-state index in [0.717, 1.165) is 5.56 Å². The number of alkyl halides is 2. The highest BCUT2D eigenvalue weighted by molar-refractivity contribution is 5.94. The highest BCUT2D eigenvalue weighted by Gasteiger charge is 2.22. The summed E-state index contributed by atoms with van der Waals surface area (Å²) in [6.45, 7) is 3.28. The molecule has 0 radical (unpaired) electrons. The van der Waals surface area contributed by atoms with Gasteiger partial charge >= 0.3 is 0 Å². The van der Waals surface area contributed by atoms with Crippen molar-refractivity contribution in [3.8, 4) is 0 Å². The Morgan fingerprint density at radius 2 is 1.83 bits per heavy atom. The van der Waals surface area contributed by atoms with Crippen molar-refractivity contribution < 1.29 is 13.6 Å². The van der Waals surface area contributed by atoms with Crippen LogP contribution in [0.1, 0.15) is 29.8 Å². The van der Waals surface area contributed by atoms with E-state index in [2.05, 4.69) is 0 Å². The number of nitrogens with two attached hydrogens (primary N) is 1. The molecule has 0 aliphatic carbocycles. The summed E-state index contributed by atoms with van der Waals surface area (Å²) in [5.41, 5.74) is 6.76. The summed E-state index contributed by atoms with van der Waals surface area (Å²) in [5.74, 6) is -0.381. The van der Waals surface area contributed by atoms with Crippen LogP contribution in [0.5, 0.6) is 0 Å². The summed E-state index contributed by atoms with van der Waals surface area (Å²) in [6.07, 6.45) is -2.53. The number of carbonyl (C=O) groups is 1. The molecule has 2 N–H and O–H groups in total. The van der Waals surface area contributed by atoms with Crippen LogP contribution in [-0.4, -0.2) is 29.8 Å². The zero-order chi connectivity index (χ0) is 13.7. The van der Waals surface area contributed by atoms with Crippen molar-refractivity contribution in [2.45, 2.75) is 32.9 Å². The first-order chi connectivity index (χ1) is 8.45. The van der Waals surface area contributed by atoms with Crippen LogP contribution in [0.15, 0.2) is 24.3 Å². The predicted molar refractivity (Wildman–Crippen MR) is 66.5 cm³/mol. The Hall–Kier alpha value is -1.49. The van der Waals surface area contributed by atoms with Crippen LogP contribution < -0.4 is 5.73 Å². The minimum Gasteiger partial charge on any atom is -0.330 e. The monoisotopic (exact) mass is 256 g/mol. The average Bonchev–Trinajstić information content (AvgIpc) is 2.34. The lowest BCUT2D eigenvalue weighted by Gasteiger charge is -2.26. The highest BCUT2D eigenvalue weighted by atomic mass is 19.3. The van der Waals surface area contributed by atoms with Gasteiger partial charge in [-0.05, 0) is 31.5 Å². The number of rotatable bonds is 5. The molecule has 5 heteroatoms. The molecule has 0 saturated carbocycles. The van der Waals surface area contributed by atoms with Gasteiger partial charge in [0.1, 0.15) is 0 Å². The topological polar surface area (TPSA) is 46.3 Å². The minimum atomic E-state index is -2.53. The summed E-state index contributed by atoms with van der Waals surface area (Å²) < 4.78 is 24.9. The van der Waals surface area contributed by atoms with E-state index < -0.39 is 13.0 Å². The zero-order valence-electron chi connectivity index (χ0n) is 10.6. The van der Waals surface area contributed by atoms with Crippen LogP contribution in [0, 0.1) is 0 Å². The minimum absolute atomic E-state index is 0.263. The van der Waals surface area contributed by atoms with Crippen LogP contribution in [0.25, 0.3) is 0 Å². The summed E-state index contributed by atoms with van der Waals surface area (Å²) >= 11 is 0. The molecule has 100 valence electrons. The molecule has 18 heavy (non-hydrogen) atoms. The summed E-state index contributed by atoms with van der Waals surface area (Å²) in [6, 6.07) is 6.43. The van der Waals surface area contributed by atoms with Crippen molar-refractivity contribution in [3.63, 3.8) is 0 Å². The molecule has 0 fully saturated rings. The quantitative estimate of drug-likeness (QED) is 0.878. The average molecular weight is 256 g/mol. The molecular weight excluding hydrogens is 238 g/mol. The van der Waals surface area contributed by atoms with Gasteiger partial charge in [-0.1, -0.05) is 12.1 Å². The first kappa shape index (κ1) is 14.6. The number of nitrogens with zero attached hydrogens (tertiary/aromatic N) is 1. The van der Waals surface area contributed by atoms with E-state index in [1.807, 2.05) is 0 Å². The van der Waals surface area contributed by atoms with E-state index in [4.69, 9.17) is 5.73 Å². The summed E-state index contributed by atoms with van der Waals surface area (Å²) in [4.78, 5) is 13.3. The van der Waals surface area contributed by atoms with E-state index in [0.29, 0.717) is 12.1 Å². The number of amides is 1. The van der Waals surface area contributed by atoms with Crippen molar-refractivity contribution in [2.24, 2.45) is 5.73 Å². The van der Waals surface area contributed by atoms with Gasteiger partial charge < -0.3 is 10.6 Å². The van der Waals surface area contributed by atoms with Crippen molar-refractivity contribution in [1.82, 2.24) is 4.90 Å². The molecule has 0 atom stereocenters. The molecule has 0 saturated heterocycles. The second kappa shape index (κ2) is 6.44. The van der Waals surface area contributed by atoms with Gasteiger partial charge in [-0.25, -0.2) is 8.78 Å². The van der Waals surface area contributed by atoms with Crippen molar-refractivity contribution in [1.29, 1.82) is 0 Å². The van der Waals surface area contributed by atoms with E-state index in [-0.39, 0.29) is 11.9 Å². The van der Waals surface area contributed by atoms with Gasteiger partial charge in [0, 0.05) is 18.2 Å². The molecule has 1 aromatic rings. The van der Waals surface area contributed by atoms with E-state index >= 15 is 0 Å². The fourth-order valence-electron chi connectivity index (χ4n) is 1.63. The number of carbonyl (C=O) groups excluding carboxylic acids is 1. The van der Waals surface area contributed by atoms with Crippen molar-refractivity contribution in [3.05, 3.63) is 35.4 Å². The summed E-state index contributed by atoms with van der Waals surface area (Å²) in [7, 11) is 0. The Bertz CT molecular complexity index is 390. The van der Waals surface area contributed by atoms with Crippen LogP contribution in [0.3, 0.4) is 0 Å². The number of hydrogen-bond donors (Lipinski definition) is 1. The lowest BCUT2D eigenvalue weighted by Crippen LogP contribution is -2.40. The molecule has 3 nitrogen and oxygen atoms in total. The Morgan fingerprint density at radius 1 is 1.28 bits per heavy atom. The first-order valence-electron chi connectivity index (χ1n) is 5.83. The Morgan fingerprint density at radius 3 is 2.22 bits per heavy atom. The predicted octanol–water partition coefficient (Wildman–Crippen LogP) is 2.26. The molecule has 0 aliphatic rings. The number of hydrogen-bond acceptors (Lipinski definition) is 2. The lowest BCUT2D eigenvalue weighted by molar-refractivity contribution is 0.0476. The second-order valence-corrected chi connectivity index (χ2v) is 4.34. The number of halogens is 2. The fraction of sp³-hybridized carbons (Fsp3) is 0.462. The van der Waals surface area contributed by atoms with Crippen LogP contribution in [-0.2, 0) is 6.54 Å². The van der Waals surface area contributed by atoms with Crippen LogP contribution >= 0.6 is 0 Å². The third-order valence-corrected chi connectivity index (χ3v) is 2.66. The Kier molecular flexibility index (Phi) is 5.22. The first-order valence-corrected chi connectivity index (χ1v) is 5.83. The maximum Gasteiger partial charge on any atom is 0.255 e. The SMILES string of the molecule is CC(C)N(CC(F)F)C(=O)c1ccc(CN)cc1. The third kappa shape index (κ3) is 3.77.